The maximum atomic E-state index is 13.3. The molecule has 0 aliphatic heterocycles. The number of ketones is 1. The second-order valence-corrected chi connectivity index (χ2v) is 9.92. The largest absolute Gasteiger partial charge is 0.462 e. The first-order valence-corrected chi connectivity index (χ1v) is 10.7. The van der Waals surface area contributed by atoms with Crippen molar-refractivity contribution in [3.63, 3.8) is 0 Å². The van der Waals surface area contributed by atoms with E-state index in [0.29, 0.717) is 12.3 Å². The highest BCUT2D eigenvalue weighted by Gasteiger charge is 2.61. The molecule has 0 aromatic heterocycles. The third-order valence-corrected chi connectivity index (χ3v) is 8.45. The highest BCUT2D eigenvalue weighted by Crippen LogP contribution is 2.64. The summed E-state index contributed by atoms with van der Waals surface area (Å²) in [6, 6.07) is 0. The minimum Gasteiger partial charge on any atom is -0.462 e. The Kier molecular flexibility index (Phi) is 4.71. The first-order valence-electron chi connectivity index (χ1n) is 10.7. The normalized spacial score (nSPS) is 44.6. The van der Waals surface area contributed by atoms with Crippen LogP contribution in [0.2, 0.25) is 0 Å². The van der Waals surface area contributed by atoms with E-state index in [-0.39, 0.29) is 52.6 Å². The molecule has 4 aliphatic carbocycles. The number of rotatable bonds is 2. The van der Waals surface area contributed by atoms with Gasteiger partial charge in [-0.3, -0.25) is 14.4 Å². The molecule has 7 atom stereocenters. The van der Waals surface area contributed by atoms with Crippen molar-refractivity contribution in [3.8, 4) is 0 Å². The number of hydrogen-bond donors (Lipinski definition) is 0. The van der Waals surface area contributed by atoms with Crippen molar-refractivity contribution < 1.29 is 23.9 Å². The number of ether oxygens (including phenoxy) is 2. The van der Waals surface area contributed by atoms with E-state index in [9.17, 15) is 14.4 Å². The van der Waals surface area contributed by atoms with Crippen LogP contribution in [0.4, 0.5) is 0 Å². The Labute approximate surface area is 167 Å². The van der Waals surface area contributed by atoms with E-state index in [0.717, 1.165) is 38.5 Å². The molecule has 0 saturated heterocycles. The Bertz CT molecular complexity index is 739. The fraction of sp³-hybridized carbons (Fsp3) is 0.783. The Hall–Kier alpha value is -1.65. The fourth-order valence-electron chi connectivity index (χ4n) is 7.05. The fourth-order valence-corrected chi connectivity index (χ4v) is 7.05. The number of allylic oxidation sites excluding steroid dienone is 1. The summed E-state index contributed by atoms with van der Waals surface area (Å²) >= 11 is 0. The van der Waals surface area contributed by atoms with E-state index in [1.165, 1.54) is 19.4 Å². The minimum absolute atomic E-state index is 0.01000. The molecule has 0 N–H and O–H groups in total. The molecule has 0 aromatic rings. The third-order valence-electron chi connectivity index (χ3n) is 8.45. The summed E-state index contributed by atoms with van der Waals surface area (Å²) in [6.45, 7) is 7.46. The lowest BCUT2D eigenvalue weighted by atomic mass is 9.47. The van der Waals surface area contributed by atoms with E-state index >= 15 is 0 Å². The van der Waals surface area contributed by atoms with E-state index in [1.54, 1.807) is 0 Å². The molecule has 0 amide bonds. The molecule has 0 bridgehead atoms. The third kappa shape index (κ3) is 2.93. The van der Waals surface area contributed by atoms with Crippen LogP contribution in [0.3, 0.4) is 0 Å². The monoisotopic (exact) mass is 388 g/mol. The number of carbonyl (C=O) groups is 3. The van der Waals surface area contributed by atoms with Gasteiger partial charge in [-0.2, -0.15) is 0 Å². The molecule has 4 rings (SSSR count). The predicted octanol–water partition coefficient (Wildman–Crippen LogP) is 3.99. The number of fused-ring (bicyclic) bond motifs is 5. The lowest BCUT2D eigenvalue weighted by molar-refractivity contribution is -0.158. The van der Waals surface area contributed by atoms with Crippen molar-refractivity contribution in [2.45, 2.75) is 84.8 Å². The lowest BCUT2D eigenvalue weighted by Crippen LogP contribution is -2.54. The molecule has 28 heavy (non-hydrogen) atoms. The second kappa shape index (κ2) is 6.70. The van der Waals surface area contributed by atoms with E-state index in [1.807, 2.05) is 6.08 Å². The molecule has 0 spiro atoms. The van der Waals surface area contributed by atoms with Crippen molar-refractivity contribution in [3.05, 3.63) is 11.6 Å². The minimum atomic E-state index is -0.245. The standard InChI is InChI=1S/C23H32O5/c1-13(24)27-16-7-9-22(3)15(11-16)12-19(26)21-17-5-6-20(28-14(2)25)23(17,4)10-8-18(21)22/h12,16-18,20-21H,5-11H2,1-4H3/t16-,17+,18+,20-,21-,22-,23+/m0/s1. The van der Waals surface area contributed by atoms with Crippen LogP contribution in [-0.2, 0) is 23.9 Å². The second-order valence-electron chi connectivity index (χ2n) is 9.92. The van der Waals surface area contributed by atoms with Crippen LogP contribution < -0.4 is 0 Å². The Morgan fingerprint density at radius 1 is 0.964 bits per heavy atom. The maximum absolute atomic E-state index is 13.3. The summed E-state index contributed by atoms with van der Waals surface area (Å²) < 4.78 is 11.1. The first kappa shape index (κ1) is 19.7. The molecular formula is C23H32O5. The summed E-state index contributed by atoms with van der Waals surface area (Å²) in [5.74, 6) is 0.419. The summed E-state index contributed by atoms with van der Waals surface area (Å²) in [7, 11) is 0. The van der Waals surface area contributed by atoms with Crippen molar-refractivity contribution in [1.29, 1.82) is 0 Å². The van der Waals surface area contributed by atoms with Gasteiger partial charge >= 0.3 is 11.9 Å². The molecule has 154 valence electrons. The van der Waals surface area contributed by atoms with Crippen LogP contribution in [0.15, 0.2) is 11.6 Å². The van der Waals surface area contributed by atoms with Crippen LogP contribution in [-0.4, -0.2) is 29.9 Å². The highest BCUT2D eigenvalue weighted by molar-refractivity contribution is 5.94. The van der Waals surface area contributed by atoms with E-state index < -0.39 is 0 Å². The smallest absolute Gasteiger partial charge is 0.302 e. The number of esters is 2. The van der Waals surface area contributed by atoms with Gasteiger partial charge in [0.15, 0.2) is 5.78 Å². The topological polar surface area (TPSA) is 69.7 Å². The molecule has 0 heterocycles. The number of hydrogen-bond acceptors (Lipinski definition) is 5. The SMILES string of the molecule is CC(=O)O[C@H]1CC[C@@]2(C)C(=CC(=O)[C@H]3[C@H]4CC[C@H](OC(C)=O)[C@]4(C)CC[C@H]32)C1. The van der Waals surface area contributed by atoms with Crippen molar-refractivity contribution in [1.82, 2.24) is 0 Å². The molecule has 3 fully saturated rings. The average molecular weight is 389 g/mol. The molecule has 4 aliphatic rings. The van der Waals surface area contributed by atoms with Gasteiger partial charge in [-0.15, -0.1) is 0 Å². The zero-order valence-corrected chi connectivity index (χ0v) is 17.5. The molecule has 5 nitrogen and oxygen atoms in total. The van der Waals surface area contributed by atoms with Gasteiger partial charge in [-0.25, -0.2) is 0 Å². The molecule has 0 aromatic carbocycles. The van der Waals surface area contributed by atoms with E-state index in [4.69, 9.17) is 9.47 Å². The number of carbonyl (C=O) groups excluding carboxylic acids is 3. The molecule has 0 radical (unpaired) electrons. The van der Waals surface area contributed by atoms with Crippen LogP contribution in [0.5, 0.6) is 0 Å². The van der Waals surface area contributed by atoms with E-state index in [2.05, 4.69) is 13.8 Å². The van der Waals surface area contributed by atoms with Gasteiger partial charge in [-0.1, -0.05) is 19.4 Å². The first-order chi connectivity index (χ1) is 13.1. The summed E-state index contributed by atoms with van der Waals surface area (Å²) in [5.41, 5.74) is 1.09. The summed E-state index contributed by atoms with van der Waals surface area (Å²) in [5, 5.41) is 0. The van der Waals surface area contributed by atoms with Crippen molar-refractivity contribution in [2.75, 3.05) is 0 Å². The van der Waals surface area contributed by atoms with Gasteiger partial charge in [0, 0.05) is 31.6 Å². The maximum Gasteiger partial charge on any atom is 0.302 e. The predicted molar refractivity (Wildman–Crippen MR) is 103 cm³/mol. The molecule has 0 unspecified atom stereocenters. The van der Waals surface area contributed by atoms with Crippen LogP contribution in [0.1, 0.15) is 72.6 Å². The highest BCUT2D eigenvalue weighted by atomic mass is 16.5. The molecule has 5 heteroatoms. The van der Waals surface area contributed by atoms with Gasteiger partial charge < -0.3 is 9.47 Å². The van der Waals surface area contributed by atoms with Crippen LogP contribution in [0, 0.1) is 28.6 Å². The Morgan fingerprint density at radius 3 is 2.36 bits per heavy atom. The molecule has 3 saturated carbocycles. The van der Waals surface area contributed by atoms with Crippen LogP contribution >= 0.6 is 0 Å². The lowest BCUT2D eigenvalue weighted by Gasteiger charge is -2.56. The van der Waals surface area contributed by atoms with Crippen molar-refractivity contribution >= 4 is 17.7 Å². The van der Waals surface area contributed by atoms with Gasteiger partial charge in [0.25, 0.3) is 0 Å². The summed E-state index contributed by atoms with van der Waals surface area (Å²) in [6.07, 6.45) is 8.02. The zero-order chi connectivity index (χ0) is 20.3. The van der Waals surface area contributed by atoms with Gasteiger partial charge in [0.05, 0.1) is 0 Å². The zero-order valence-electron chi connectivity index (χ0n) is 17.5. The van der Waals surface area contributed by atoms with Gasteiger partial charge in [0.1, 0.15) is 12.2 Å². The van der Waals surface area contributed by atoms with Gasteiger partial charge in [-0.05, 0) is 61.9 Å². The molecular weight excluding hydrogens is 356 g/mol. The van der Waals surface area contributed by atoms with Gasteiger partial charge in [0.2, 0.25) is 0 Å². The quantitative estimate of drug-likeness (QED) is 0.669. The van der Waals surface area contributed by atoms with Crippen LogP contribution in [0.25, 0.3) is 0 Å². The average Bonchev–Trinajstić information content (AvgIpc) is 2.92. The Balaban J connectivity index is 1.62. The Morgan fingerprint density at radius 2 is 1.68 bits per heavy atom. The van der Waals surface area contributed by atoms with Crippen molar-refractivity contribution in [2.24, 2.45) is 28.6 Å². The summed E-state index contributed by atoms with van der Waals surface area (Å²) in [4.78, 5) is 36.2.